The van der Waals surface area contributed by atoms with Gasteiger partial charge in [-0.15, -0.1) is 0 Å². The fourth-order valence-electron chi connectivity index (χ4n) is 1.19. The van der Waals surface area contributed by atoms with E-state index in [1.54, 1.807) is 12.3 Å². The molecule has 1 rings (SSSR count). The lowest BCUT2D eigenvalue weighted by Crippen LogP contribution is -2.30. The molecule has 1 aromatic heterocycles. The highest BCUT2D eigenvalue weighted by atomic mass is 16.5. The summed E-state index contributed by atoms with van der Waals surface area (Å²) in [5.41, 5.74) is 0. The van der Waals surface area contributed by atoms with Crippen molar-refractivity contribution < 1.29 is 14.4 Å². The SMILES string of the molecule is CC(C)COCC(O)CNCc1ccno1. The van der Waals surface area contributed by atoms with Crippen LogP contribution in [0.5, 0.6) is 0 Å². The van der Waals surface area contributed by atoms with E-state index in [-0.39, 0.29) is 0 Å². The van der Waals surface area contributed by atoms with Crippen molar-refractivity contribution in [3.63, 3.8) is 0 Å². The molecule has 0 spiro atoms. The Morgan fingerprint density at radius 3 is 2.94 bits per heavy atom. The molecule has 1 atom stereocenters. The van der Waals surface area contributed by atoms with Crippen LogP contribution < -0.4 is 5.32 Å². The highest BCUT2D eigenvalue weighted by Crippen LogP contribution is 1.96. The molecule has 92 valence electrons. The predicted molar refractivity (Wildman–Crippen MR) is 59.9 cm³/mol. The molecule has 0 saturated carbocycles. The Kier molecular flexibility index (Phi) is 6.07. The molecular weight excluding hydrogens is 208 g/mol. The van der Waals surface area contributed by atoms with Gasteiger partial charge < -0.3 is 19.7 Å². The van der Waals surface area contributed by atoms with Crippen molar-refractivity contribution in [3.05, 3.63) is 18.0 Å². The quantitative estimate of drug-likeness (QED) is 0.689. The van der Waals surface area contributed by atoms with Crippen LogP contribution >= 0.6 is 0 Å². The van der Waals surface area contributed by atoms with Crippen molar-refractivity contribution in [2.45, 2.75) is 26.5 Å². The van der Waals surface area contributed by atoms with E-state index < -0.39 is 6.10 Å². The average molecular weight is 228 g/mol. The van der Waals surface area contributed by atoms with Crippen LogP contribution in [0.2, 0.25) is 0 Å². The average Bonchev–Trinajstić information content (AvgIpc) is 2.70. The number of nitrogens with zero attached hydrogens (tertiary/aromatic N) is 1. The second kappa shape index (κ2) is 7.38. The number of nitrogens with one attached hydrogen (secondary N) is 1. The van der Waals surface area contributed by atoms with Gasteiger partial charge in [-0.3, -0.25) is 0 Å². The third kappa shape index (κ3) is 5.85. The van der Waals surface area contributed by atoms with Gasteiger partial charge in [0.15, 0.2) is 0 Å². The summed E-state index contributed by atoms with van der Waals surface area (Å²) in [6, 6.07) is 1.79. The summed E-state index contributed by atoms with van der Waals surface area (Å²) in [7, 11) is 0. The first-order chi connectivity index (χ1) is 7.68. The van der Waals surface area contributed by atoms with Crippen molar-refractivity contribution >= 4 is 0 Å². The molecule has 16 heavy (non-hydrogen) atoms. The number of aliphatic hydroxyl groups excluding tert-OH is 1. The lowest BCUT2D eigenvalue weighted by Gasteiger charge is -2.12. The molecule has 1 unspecified atom stereocenters. The molecule has 0 bridgehead atoms. The highest BCUT2D eigenvalue weighted by molar-refractivity contribution is 4.91. The number of rotatable bonds is 8. The molecule has 5 heteroatoms. The van der Waals surface area contributed by atoms with Crippen LogP contribution in [0.15, 0.2) is 16.8 Å². The largest absolute Gasteiger partial charge is 0.389 e. The number of aromatic nitrogens is 1. The molecule has 0 amide bonds. The summed E-state index contributed by atoms with van der Waals surface area (Å²) in [6.45, 7) is 6.25. The van der Waals surface area contributed by atoms with E-state index in [0.717, 1.165) is 5.76 Å². The minimum atomic E-state index is -0.485. The van der Waals surface area contributed by atoms with Crippen molar-refractivity contribution in [1.82, 2.24) is 10.5 Å². The van der Waals surface area contributed by atoms with Gasteiger partial charge >= 0.3 is 0 Å². The Bertz CT molecular complexity index is 262. The first-order valence-corrected chi connectivity index (χ1v) is 5.54. The third-order valence-electron chi connectivity index (χ3n) is 1.93. The van der Waals surface area contributed by atoms with Crippen LogP contribution in [-0.2, 0) is 11.3 Å². The highest BCUT2D eigenvalue weighted by Gasteiger charge is 2.05. The van der Waals surface area contributed by atoms with E-state index in [1.165, 1.54) is 0 Å². The fourth-order valence-corrected chi connectivity index (χ4v) is 1.19. The maximum Gasteiger partial charge on any atom is 0.150 e. The van der Waals surface area contributed by atoms with E-state index in [0.29, 0.717) is 32.2 Å². The van der Waals surface area contributed by atoms with Crippen molar-refractivity contribution in [3.8, 4) is 0 Å². The Hall–Kier alpha value is -0.910. The Balaban J connectivity index is 2.00. The van der Waals surface area contributed by atoms with Crippen LogP contribution in [0.4, 0.5) is 0 Å². The first-order valence-electron chi connectivity index (χ1n) is 5.54. The van der Waals surface area contributed by atoms with Crippen molar-refractivity contribution in [1.29, 1.82) is 0 Å². The zero-order valence-electron chi connectivity index (χ0n) is 9.85. The smallest absolute Gasteiger partial charge is 0.150 e. The molecule has 0 saturated heterocycles. The van der Waals surface area contributed by atoms with Gasteiger partial charge in [-0.25, -0.2) is 0 Å². The number of hydrogen-bond donors (Lipinski definition) is 2. The molecule has 1 heterocycles. The maximum atomic E-state index is 9.56. The van der Waals surface area contributed by atoms with Gasteiger partial charge in [-0.2, -0.15) is 0 Å². The van der Waals surface area contributed by atoms with Gasteiger partial charge in [0.2, 0.25) is 0 Å². The van der Waals surface area contributed by atoms with E-state index >= 15 is 0 Å². The van der Waals surface area contributed by atoms with E-state index in [4.69, 9.17) is 9.26 Å². The second-order valence-electron chi connectivity index (χ2n) is 4.19. The van der Waals surface area contributed by atoms with Crippen LogP contribution in [0.3, 0.4) is 0 Å². The normalized spacial score (nSPS) is 13.2. The zero-order chi connectivity index (χ0) is 11.8. The zero-order valence-corrected chi connectivity index (χ0v) is 9.85. The molecule has 0 aliphatic rings. The summed E-state index contributed by atoms with van der Waals surface area (Å²) in [6.07, 6.45) is 1.11. The number of ether oxygens (including phenoxy) is 1. The van der Waals surface area contributed by atoms with E-state index in [1.807, 2.05) is 0 Å². The number of hydrogen-bond acceptors (Lipinski definition) is 5. The van der Waals surface area contributed by atoms with Crippen LogP contribution in [0, 0.1) is 5.92 Å². The van der Waals surface area contributed by atoms with Crippen molar-refractivity contribution in [2.75, 3.05) is 19.8 Å². The fraction of sp³-hybridized carbons (Fsp3) is 0.727. The predicted octanol–water partition coefficient (Wildman–Crippen LogP) is 0.798. The first kappa shape index (κ1) is 13.2. The molecule has 0 radical (unpaired) electrons. The van der Waals surface area contributed by atoms with Gasteiger partial charge in [0.1, 0.15) is 5.76 Å². The maximum absolute atomic E-state index is 9.56. The third-order valence-corrected chi connectivity index (χ3v) is 1.93. The van der Waals surface area contributed by atoms with Gasteiger partial charge in [0, 0.05) is 19.2 Å². The Morgan fingerprint density at radius 2 is 2.31 bits per heavy atom. The molecule has 0 fully saturated rings. The molecule has 0 aliphatic carbocycles. The van der Waals surface area contributed by atoms with Gasteiger partial charge in [0.25, 0.3) is 0 Å². The summed E-state index contributed by atoms with van der Waals surface area (Å²) in [4.78, 5) is 0. The molecule has 0 aliphatic heterocycles. The summed E-state index contributed by atoms with van der Waals surface area (Å²) < 4.78 is 10.2. The van der Waals surface area contributed by atoms with Crippen LogP contribution in [-0.4, -0.2) is 36.1 Å². The monoisotopic (exact) mass is 228 g/mol. The van der Waals surface area contributed by atoms with Gasteiger partial charge in [-0.05, 0) is 5.92 Å². The lowest BCUT2D eigenvalue weighted by atomic mass is 10.2. The lowest BCUT2D eigenvalue weighted by molar-refractivity contribution is 0.0258. The summed E-state index contributed by atoms with van der Waals surface area (Å²) in [5.74, 6) is 1.25. The topological polar surface area (TPSA) is 67.5 Å². The van der Waals surface area contributed by atoms with Gasteiger partial charge in [0.05, 0.1) is 25.5 Å². The molecular formula is C11H20N2O3. The molecule has 5 nitrogen and oxygen atoms in total. The minimum absolute atomic E-state index is 0.363. The summed E-state index contributed by atoms with van der Waals surface area (Å²) >= 11 is 0. The summed E-state index contributed by atoms with van der Waals surface area (Å²) in [5, 5.41) is 16.2. The van der Waals surface area contributed by atoms with Gasteiger partial charge in [-0.1, -0.05) is 19.0 Å². The molecule has 1 aromatic rings. The minimum Gasteiger partial charge on any atom is -0.389 e. The van der Waals surface area contributed by atoms with Crippen LogP contribution in [0.1, 0.15) is 19.6 Å². The van der Waals surface area contributed by atoms with E-state index in [2.05, 4.69) is 24.3 Å². The van der Waals surface area contributed by atoms with E-state index in [9.17, 15) is 5.11 Å². The second-order valence-corrected chi connectivity index (χ2v) is 4.19. The number of aliphatic hydroxyl groups is 1. The Morgan fingerprint density at radius 1 is 1.50 bits per heavy atom. The van der Waals surface area contributed by atoms with Crippen LogP contribution in [0.25, 0.3) is 0 Å². The van der Waals surface area contributed by atoms with Crippen molar-refractivity contribution in [2.24, 2.45) is 5.92 Å². The molecule has 0 aromatic carbocycles. The molecule has 2 N–H and O–H groups in total. The Labute approximate surface area is 95.8 Å². The standard InChI is InChI=1S/C11H20N2O3/c1-9(2)7-15-8-10(14)5-12-6-11-3-4-13-16-11/h3-4,9-10,12,14H,5-8H2,1-2H3.